The van der Waals surface area contributed by atoms with Gasteiger partial charge in [-0.1, -0.05) is 17.4 Å². The van der Waals surface area contributed by atoms with Gasteiger partial charge in [-0.2, -0.15) is 4.57 Å². The molecule has 0 unspecified atom stereocenters. The first kappa shape index (κ1) is 20.4. The second-order valence-corrected chi connectivity index (χ2v) is 6.56. The Hall–Kier alpha value is -1.89. The van der Waals surface area contributed by atoms with Gasteiger partial charge in [-0.25, -0.2) is 0 Å². The summed E-state index contributed by atoms with van der Waals surface area (Å²) in [6.07, 6.45) is 3.79. The fourth-order valence-electron chi connectivity index (χ4n) is 2.38. The maximum absolute atomic E-state index is 5.90. The van der Waals surface area contributed by atoms with Gasteiger partial charge < -0.3 is 18.9 Å². The van der Waals surface area contributed by atoms with Gasteiger partial charge in [0, 0.05) is 26.2 Å². The zero-order chi connectivity index (χ0) is 18.9. The van der Waals surface area contributed by atoms with Crippen LogP contribution in [0.3, 0.4) is 0 Å². The van der Waals surface area contributed by atoms with Gasteiger partial charge >= 0.3 is 0 Å². The number of nitrogens with zero attached hydrogens (tertiary/aromatic N) is 1. The van der Waals surface area contributed by atoms with E-state index in [-0.39, 0.29) is 6.29 Å². The average molecular weight is 379 g/mol. The molecule has 1 aromatic carbocycles. The van der Waals surface area contributed by atoms with Gasteiger partial charge in [-0.05, 0) is 37.6 Å². The molecule has 0 N–H and O–H groups in total. The molecule has 0 radical (unpaired) electrons. The molecule has 0 atom stereocenters. The van der Waals surface area contributed by atoms with Crippen molar-refractivity contribution in [2.45, 2.75) is 27.1 Å². The molecule has 0 spiro atoms. The smallest absolute Gasteiger partial charge is 0.261 e. The Morgan fingerprint density at radius 3 is 2.42 bits per heavy atom. The van der Waals surface area contributed by atoms with E-state index in [4.69, 9.17) is 18.9 Å². The minimum absolute atomic E-state index is 0.310. The van der Waals surface area contributed by atoms with Crippen LogP contribution < -0.4 is 14.0 Å². The maximum Gasteiger partial charge on any atom is 0.261 e. The minimum Gasteiger partial charge on any atom is -0.493 e. The lowest BCUT2D eigenvalue weighted by molar-refractivity contribution is -0.674. The fraction of sp³-hybridized carbons (Fsp3) is 0.450. The number of rotatable bonds is 10. The molecule has 1 heterocycles. The lowest BCUT2D eigenvalue weighted by Crippen LogP contribution is -2.31. The summed E-state index contributed by atoms with van der Waals surface area (Å²) in [5.41, 5.74) is 2.28. The monoisotopic (exact) mass is 378 g/mol. The summed E-state index contributed by atoms with van der Waals surface area (Å²) >= 11 is 1.72. The van der Waals surface area contributed by atoms with Crippen LogP contribution in [-0.4, -0.2) is 33.2 Å². The molecule has 0 fully saturated rings. The molecule has 1 aromatic heterocycles. The normalized spacial score (nSPS) is 11.5. The lowest BCUT2D eigenvalue weighted by Gasteiger charge is -2.18. The molecule has 26 heavy (non-hydrogen) atoms. The summed E-state index contributed by atoms with van der Waals surface area (Å²) in [6, 6.07) is 5.88. The van der Waals surface area contributed by atoms with Gasteiger partial charge in [0.2, 0.25) is 0 Å². The van der Waals surface area contributed by atoms with Gasteiger partial charge in [-0.3, -0.25) is 0 Å². The number of aryl methyl sites for hydroxylation is 1. The largest absolute Gasteiger partial charge is 0.493 e. The molecular weight excluding hydrogens is 350 g/mol. The zero-order valence-electron chi connectivity index (χ0n) is 16.2. The quantitative estimate of drug-likeness (QED) is 0.465. The Morgan fingerprint density at radius 2 is 1.85 bits per heavy atom. The standard InChI is InChI=1S/C20H28NO4S/c1-6-23-20(24-7-2)13-25-18-12-16(8-10-17(18)22-5)9-11-19-21(4)15(3)14-26-19/h8-12,14,20H,6-7,13H2,1-5H3/q+1/b11-9+. The highest BCUT2D eigenvalue weighted by Gasteiger charge is 2.12. The molecule has 0 aliphatic heterocycles. The van der Waals surface area contributed by atoms with E-state index in [2.05, 4.69) is 36.1 Å². The van der Waals surface area contributed by atoms with Crippen molar-refractivity contribution >= 4 is 23.5 Å². The molecule has 0 saturated carbocycles. The predicted octanol–water partition coefficient (Wildman–Crippen LogP) is 3.84. The van der Waals surface area contributed by atoms with Crippen molar-refractivity contribution in [3.8, 4) is 11.5 Å². The van der Waals surface area contributed by atoms with Crippen LogP contribution in [0.4, 0.5) is 0 Å². The number of benzene rings is 1. The topological polar surface area (TPSA) is 40.8 Å². The van der Waals surface area contributed by atoms with Crippen LogP contribution in [0.5, 0.6) is 11.5 Å². The van der Waals surface area contributed by atoms with Crippen LogP contribution in [0.25, 0.3) is 12.2 Å². The average Bonchev–Trinajstić information content (AvgIpc) is 2.97. The van der Waals surface area contributed by atoms with E-state index in [9.17, 15) is 0 Å². The number of hydrogen-bond acceptors (Lipinski definition) is 5. The van der Waals surface area contributed by atoms with Crippen molar-refractivity contribution in [3.05, 3.63) is 39.8 Å². The van der Waals surface area contributed by atoms with Gasteiger partial charge in [-0.15, -0.1) is 0 Å². The Bertz CT molecular complexity index is 721. The Balaban J connectivity index is 2.13. The first-order chi connectivity index (χ1) is 12.6. The third-order valence-electron chi connectivity index (χ3n) is 3.90. The number of ether oxygens (including phenoxy) is 4. The van der Waals surface area contributed by atoms with Crippen LogP contribution in [0.1, 0.15) is 30.1 Å². The summed E-state index contributed by atoms with van der Waals surface area (Å²) < 4.78 is 24.5. The van der Waals surface area contributed by atoms with Crippen molar-refractivity contribution in [2.75, 3.05) is 26.9 Å². The first-order valence-corrected chi connectivity index (χ1v) is 9.63. The maximum atomic E-state index is 5.90. The minimum atomic E-state index is -0.387. The van der Waals surface area contributed by atoms with Crippen molar-refractivity contribution in [3.63, 3.8) is 0 Å². The van der Waals surface area contributed by atoms with Crippen LogP contribution >= 0.6 is 11.3 Å². The number of hydrogen-bond donors (Lipinski definition) is 0. The van der Waals surface area contributed by atoms with Crippen LogP contribution in [0.2, 0.25) is 0 Å². The number of methoxy groups -OCH3 is 1. The Labute approximate surface area is 159 Å². The highest BCUT2D eigenvalue weighted by Crippen LogP contribution is 2.29. The van der Waals surface area contributed by atoms with E-state index >= 15 is 0 Å². The molecule has 0 bridgehead atoms. The summed E-state index contributed by atoms with van der Waals surface area (Å²) in [7, 11) is 3.70. The third-order valence-corrected chi connectivity index (χ3v) is 5.01. The fourth-order valence-corrected chi connectivity index (χ4v) is 3.28. The van der Waals surface area contributed by atoms with E-state index in [0.717, 1.165) is 5.56 Å². The molecule has 5 nitrogen and oxygen atoms in total. The molecule has 0 amide bonds. The lowest BCUT2D eigenvalue weighted by atomic mass is 10.2. The SMILES string of the molecule is CCOC(COc1cc(/C=C/c2scc(C)[n+]2C)ccc1OC)OCC. The molecule has 2 rings (SSSR count). The van der Waals surface area contributed by atoms with Gasteiger partial charge in [0.05, 0.1) is 12.5 Å². The predicted molar refractivity (Wildman–Crippen MR) is 105 cm³/mol. The highest BCUT2D eigenvalue weighted by molar-refractivity contribution is 7.10. The Kier molecular flexibility index (Phi) is 8.09. The van der Waals surface area contributed by atoms with E-state index in [1.807, 2.05) is 32.0 Å². The van der Waals surface area contributed by atoms with Crippen LogP contribution in [0.15, 0.2) is 23.6 Å². The number of aromatic nitrogens is 1. The van der Waals surface area contributed by atoms with E-state index in [0.29, 0.717) is 31.3 Å². The van der Waals surface area contributed by atoms with Crippen molar-refractivity contribution in [2.24, 2.45) is 7.05 Å². The number of thiazole rings is 1. The second kappa shape index (κ2) is 10.3. The van der Waals surface area contributed by atoms with Gasteiger partial charge in [0.25, 0.3) is 5.01 Å². The molecular formula is C20H28NO4S+. The van der Waals surface area contributed by atoms with E-state index in [1.54, 1.807) is 18.4 Å². The molecule has 0 aliphatic rings. The van der Waals surface area contributed by atoms with Crippen LogP contribution in [0, 0.1) is 6.92 Å². The third kappa shape index (κ3) is 5.56. The van der Waals surface area contributed by atoms with E-state index in [1.165, 1.54) is 10.7 Å². The van der Waals surface area contributed by atoms with Crippen molar-refractivity contribution < 1.29 is 23.5 Å². The summed E-state index contributed by atoms with van der Waals surface area (Å²) in [5, 5.41) is 3.33. The molecule has 6 heteroatoms. The first-order valence-electron chi connectivity index (χ1n) is 8.75. The van der Waals surface area contributed by atoms with Crippen LogP contribution in [-0.2, 0) is 16.5 Å². The van der Waals surface area contributed by atoms with Gasteiger partial charge in [0.15, 0.2) is 23.5 Å². The highest BCUT2D eigenvalue weighted by atomic mass is 32.1. The Morgan fingerprint density at radius 1 is 1.12 bits per heavy atom. The summed E-state index contributed by atoms with van der Waals surface area (Å²) in [4.78, 5) is 0. The van der Waals surface area contributed by atoms with E-state index < -0.39 is 0 Å². The zero-order valence-corrected chi connectivity index (χ0v) is 17.0. The summed E-state index contributed by atoms with van der Waals surface area (Å²) in [6.45, 7) is 7.43. The molecule has 142 valence electrons. The summed E-state index contributed by atoms with van der Waals surface area (Å²) in [5.74, 6) is 1.36. The van der Waals surface area contributed by atoms with Crippen molar-refractivity contribution in [1.82, 2.24) is 0 Å². The molecule has 0 aliphatic carbocycles. The van der Waals surface area contributed by atoms with Crippen molar-refractivity contribution in [1.29, 1.82) is 0 Å². The molecule has 2 aromatic rings. The molecule has 0 saturated heterocycles. The second-order valence-electron chi connectivity index (χ2n) is 5.67. The van der Waals surface area contributed by atoms with Gasteiger partial charge in [0.1, 0.15) is 13.7 Å².